The Balaban J connectivity index is 1.90. The Morgan fingerprint density at radius 1 is 0.708 bits per heavy atom. The minimum Gasteiger partial charge on any atom is -0.0619 e. The van der Waals surface area contributed by atoms with Crippen LogP contribution >= 0.6 is 0 Å². The van der Waals surface area contributed by atoms with Crippen LogP contribution in [0, 0.1) is 11.8 Å². The maximum absolute atomic E-state index is 2.44. The molecule has 0 nitrogen and oxygen atoms in total. The van der Waals surface area contributed by atoms with Gasteiger partial charge in [-0.25, -0.2) is 0 Å². The van der Waals surface area contributed by atoms with Crippen molar-refractivity contribution < 1.29 is 0 Å². The highest BCUT2D eigenvalue weighted by molar-refractivity contribution is 5.74. The molecule has 24 heavy (non-hydrogen) atoms. The lowest BCUT2D eigenvalue weighted by atomic mass is 9.71. The molecule has 0 bridgehead atoms. The van der Waals surface area contributed by atoms with Crippen LogP contribution in [0.15, 0.2) is 36.4 Å². The van der Waals surface area contributed by atoms with Gasteiger partial charge < -0.3 is 0 Å². The first-order valence-electron chi connectivity index (χ1n) is 9.82. The van der Waals surface area contributed by atoms with Crippen molar-refractivity contribution in [1.82, 2.24) is 0 Å². The monoisotopic (exact) mass is 318 g/mol. The van der Waals surface area contributed by atoms with Crippen molar-refractivity contribution in [2.75, 3.05) is 0 Å². The topological polar surface area (TPSA) is 0 Å². The third-order valence-electron chi connectivity index (χ3n) is 7.07. The molecule has 2 aliphatic carbocycles. The summed E-state index contributed by atoms with van der Waals surface area (Å²) in [5.74, 6) is 2.94. The number of aryl methyl sites for hydroxylation is 1. The molecule has 0 fully saturated rings. The molecule has 0 aromatic heterocycles. The summed E-state index contributed by atoms with van der Waals surface area (Å²) < 4.78 is 0. The van der Waals surface area contributed by atoms with E-state index in [1.165, 1.54) is 36.8 Å². The highest BCUT2D eigenvalue weighted by atomic mass is 14.3. The van der Waals surface area contributed by atoms with Gasteiger partial charge in [-0.1, -0.05) is 64.1 Å². The molecule has 4 atom stereocenters. The predicted molar refractivity (Wildman–Crippen MR) is 104 cm³/mol. The summed E-state index contributed by atoms with van der Waals surface area (Å²) in [6.45, 7) is 9.69. The highest BCUT2D eigenvalue weighted by Gasteiger charge is 2.29. The molecule has 2 aliphatic rings. The van der Waals surface area contributed by atoms with Crippen LogP contribution in [-0.4, -0.2) is 0 Å². The summed E-state index contributed by atoms with van der Waals surface area (Å²) in [4.78, 5) is 0. The lowest BCUT2D eigenvalue weighted by molar-refractivity contribution is 0.424. The zero-order valence-corrected chi connectivity index (χ0v) is 15.6. The van der Waals surface area contributed by atoms with E-state index in [1.807, 2.05) is 0 Å². The summed E-state index contributed by atoms with van der Waals surface area (Å²) in [7, 11) is 0. The van der Waals surface area contributed by atoms with E-state index in [1.54, 1.807) is 22.3 Å². The Morgan fingerprint density at radius 2 is 1.38 bits per heavy atom. The fraction of sp³-hybridized carbons (Fsp3) is 0.500. The van der Waals surface area contributed by atoms with Gasteiger partial charge in [-0.05, 0) is 82.7 Å². The second kappa shape index (κ2) is 6.06. The molecular weight excluding hydrogens is 288 g/mol. The quantitative estimate of drug-likeness (QED) is 0.547. The molecule has 126 valence electrons. The molecule has 0 radical (unpaired) electrons. The molecule has 0 saturated heterocycles. The number of benzene rings is 2. The fourth-order valence-electron chi connectivity index (χ4n) is 5.01. The zero-order chi connectivity index (χ0) is 16.8. The molecule has 0 heterocycles. The SMILES string of the molecule is CC1CCc2c(-c3cccc4c3C(C)C(C)CC4)cccc2C1C. The zero-order valence-electron chi connectivity index (χ0n) is 15.6. The van der Waals surface area contributed by atoms with E-state index in [0.29, 0.717) is 11.8 Å². The van der Waals surface area contributed by atoms with Crippen LogP contribution in [0.2, 0.25) is 0 Å². The molecule has 2 aromatic rings. The maximum Gasteiger partial charge on any atom is -0.0143 e. The van der Waals surface area contributed by atoms with Gasteiger partial charge in [0, 0.05) is 0 Å². The first-order chi connectivity index (χ1) is 11.6. The van der Waals surface area contributed by atoms with Gasteiger partial charge in [0.25, 0.3) is 0 Å². The Labute approximate surface area is 147 Å². The van der Waals surface area contributed by atoms with Gasteiger partial charge in [0.15, 0.2) is 0 Å². The average molecular weight is 319 g/mol. The van der Waals surface area contributed by atoms with Crippen molar-refractivity contribution in [2.24, 2.45) is 11.8 Å². The molecular formula is C24H30. The Hall–Kier alpha value is -1.56. The number of hydrogen-bond acceptors (Lipinski definition) is 0. The van der Waals surface area contributed by atoms with Gasteiger partial charge in [0.1, 0.15) is 0 Å². The van der Waals surface area contributed by atoms with E-state index in [0.717, 1.165) is 11.8 Å². The van der Waals surface area contributed by atoms with E-state index in [4.69, 9.17) is 0 Å². The van der Waals surface area contributed by atoms with Crippen molar-refractivity contribution in [3.63, 3.8) is 0 Å². The van der Waals surface area contributed by atoms with E-state index >= 15 is 0 Å². The molecule has 4 rings (SSSR count). The molecule has 0 aliphatic heterocycles. The lowest BCUT2D eigenvalue weighted by Gasteiger charge is -2.33. The van der Waals surface area contributed by atoms with Gasteiger partial charge >= 0.3 is 0 Å². The van der Waals surface area contributed by atoms with Crippen LogP contribution in [0.4, 0.5) is 0 Å². The van der Waals surface area contributed by atoms with E-state index in [2.05, 4.69) is 64.1 Å². The first-order valence-corrected chi connectivity index (χ1v) is 9.82. The van der Waals surface area contributed by atoms with Crippen LogP contribution in [0.5, 0.6) is 0 Å². The van der Waals surface area contributed by atoms with Crippen LogP contribution in [0.1, 0.15) is 74.6 Å². The fourth-order valence-corrected chi connectivity index (χ4v) is 5.01. The molecule has 2 aromatic carbocycles. The normalized spacial score (nSPS) is 29.0. The summed E-state index contributed by atoms with van der Waals surface area (Å²) in [6.07, 6.45) is 5.15. The smallest absolute Gasteiger partial charge is 0.0143 e. The predicted octanol–water partition coefficient (Wildman–Crippen LogP) is 6.73. The average Bonchev–Trinajstić information content (AvgIpc) is 2.60. The van der Waals surface area contributed by atoms with Crippen LogP contribution < -0.4 is 0 Å². The van der Waals surface area contributed by atoms with E-state index in [-0.39, 0.29) is 0 Å². The van der Waals surface area contributed by atoms with Crippen LogP contribution in [0.25, 0.3) is 11.1 Å². The molecule has 4 unspecified atom stereocenters. The third kappa shape index (κ3) is 2.42. The van der Waals surface area contributed by atoms with Gasteiger partial charge in [0.05, 0.1) is 0 Å². The summed E-state index contributed by atoms with van der Waals surface area (Å²) >= 11 is 0. The number of fused-ring (bicyclic) bond motifs is 2. The Kier molecular flexibility index (Phi) is 4.03. The first kappa shape index (κ1) is 15.9. The maximum atomic E-state index is 2.44. The van der Waals surface area contributed by atoms with Crippen molar-refractivity contribution in [1.29, 1.82) is 0 Å². The van der Waals surface area contributed by atoms with Crippen molar-refractivity contribution >= 4 is 0 Å². The van der Waals surface area contributed by atoms with E-state index < -0.39 is 0 Å². The van der Waals surface area contributed by atoms with Crippen molar-refractivity contribution in [3.05, 3.63) is 58.7 Å². The van der Waals surface area contributed by atoms with Gasteiger partial charge in [-0.3, -0.25) is 0 Å². The highest BCUT2D eigenvalue weighted by Crippen LogP contribution is 2.45. The van der Waals surface area contributed by atoms with Gasteiger partial charge in [-0.2, -0.15) is 0 Å². The van der Waals surface area contributed by atoms with Gasteiger partial charge in [-0.15, -0.1) is 0 Å². The molecule has 0 spiro atoms. The van der Waals surface area contributed by atoms with E-state index in [9.17, 15) is 0 Å². The largest absolute Gasteiger partial charge is 0.0619 e. The molecule has 0 saturated carbocycles. The molecule has 0 amide bonds. The summed E-state index contributed by atoms with van der Waals surface area (Å²) in [6, 6.07) is 14.1. The minimum atomic E-state index is 0.667. The lowest BCUT2D eigenvalue weighted by Crippen LogP contribution is -2.19. The second-order valence-electron chi connectivity index (χ2n) is 8.36. The summed E-state index contributed by atoms with van der Waals surface area (Å²) in [5, 5.41) is 0. The van der Waals surface area contributed by atoms with Crippen molar-refractivity contribution in [2.45, 2.75) is 65.2 Å². The Bertz CT molecular complexity index is 755. The van der Waals surface area contributed by atoms with Gasteiger partial charge in [0.2, 0.25) is 0 Å². The molecule has 0 N–H and O–H groups in total. The van der Waals surface area contributed by atoms with Crippen molar-refractivity contribution in [3.8, 4) is 11.1 Å². The third-order valence-corrected chi connectivity index (χ3v) is 7.07. The van der Waals surface area contributed by atoms with Crippen LogP contribution in [0.3, 0.4) is 0 Å². The molecule has 0 heteroatoms. The second-order valence-corrected chi connectivity index (χ2v) is 8.36. The summed E-state index contributed by atoms with van der Waals surface area (Å²) in [5.41, 5.74) is 9.49. The minimum absolute atomic E-state index is 0.667. The number of rotatable bonds is 1. The Morgan fingerprint density at radius 3 is 2.21 bits per heavy atom. The number of hydrogen-bond donors (Lipinski definition) is 0. The van der Waals surface area contributed by atoms with Crippen LogP contribution in [-0.2, 0) is 12.8 Å². The standard InChI is InChI=1S/C24H30/c1-15-12-14-22-20(17(15)3)8-6-9-21(22)23-10-5-7-19-13-11-16(2)18(4)24(19)23/h5-10,15-18H,11-14H2,1-4H3.